The summed E-state index contributed by atoms with van der Waals surface area (Å²) in [5.41, 5.74) is 1.94. The number of hydrogen-bond acceptors (Lipinski definition) is 9. The van der Waals surface area contributed by atoms with Gasteiger partial charge in [-0.2, -0.15) is 0 Å². The standard InChI is InChI=1S/C31H36O9/c1-18-10-9-13-20(32)12-8-6-7-11-19-16-24-27(30(38-5)26(19)31(34)39-18)22(17-25(33)40-24)21-14-15-23(35-2)29(37-4)28(21)36-3/h7,11,14-16,18,22H,6,8-10,12-13,17H2,1-5H3/t18-,22-/m0/s1. The molecular formula is C31H36O9. The first-order valence-electron chi connectivity index (χ1n) is 13.5. The molecule has 0 radical (unpaired) electrons. The van der Waals surface area contributed by atoms with Crippen molar-refractivity contribution in [2.45, 2.75) is 63.9 Å². The molecule has 0 bridgehead atoms. The summed E-state index contributed by atoms with van der Waals surface area (Å²) in [5, 5.41) is 0. The van der Waals surface area contributed by atoms with E-state index in [0.29, 0.717) is 72.5 Å². The first-order chi connectivity index (χ1) is 19.3. The first kappa shape index (κ1) is 29.0. The van der Waals surface area contributed by atoms with Crippen molar-refractivity contribution in [3.8, 4) is 28.7 Å². The quantitative estimate of drug-likeness (QED) is 0.344. The fourth-order valence-electron chi connectivity index (χ4n) is 5.37. The van der Waals surface area contributed by atoms with Crippen LogP contribution in [0.2, 0.25) is 0 Å². The van der Waals surface area contributed by atoms with E-state index in [0.717, 1.165) is 0 Å². The molecule has 40 heavy (non-hydrogen) atoms. The minimum absolute atomic E-state index is 0.0106. The van der Waals surface area contributed by atoms with Crippen LogP contribution in [0.4, 0.5) is 0 Å². The third-order valence-corrected chi connectivity index (χ3v) is 7.27. The smallest absolute Gasteiger partial charge is 0.342 e. The summed E-state index contributed by atoms with van der Waals surface area (Å²) in [5.74, 6) is 0.475. The SMILES string of the molecule is COc1ccc([C@@H]2CC(=O)Oc3cc4c(c(OC)c32)C(=O)O[C@@H](C)CCCC(=O)CCCC=C4)c(OC)c1OC. The molecule has 9 nitrogen and oxygen atoms in total. The number of Topliss-reactive ketones (excluding diaryl/α,β-unsaturated/α-hetero) is 1. The molecule has 2 aliphatic rings. The summed E-state index contributed by atoms with van der Waals surface area (Å²) >= 11 is 0. The van der Waals surface area contributed by atoms with Crippen LogP contribution in [0.1, 0.15) is 84.8 Å². The van der Waals surface area contributed by atoms with Crippen molar-refractivity contribution in [3.63, 3.8) is 0 Å². The van der Waals surface area contributed by atoms with E-state index in [2.05, 4.69) is 0 Å². The van der Waals surface area contributed by atoms with E-state index in [9.17, 15) is 14.4 Å². The van der Waals surface area contributed by atoms with E-state index in [-0.39, 0.29) is 29.3 Å². The molecule has 0 saturated heterocycles. The monoisotopic (exact) mass is 552 g/mol. The van der Waals surface area contributed by atoms with Gasteiger partial charge in [0, 0.05) is 29.9 Å². The Bertz CT molecular complexity index is 1310. The molecule has 2 heterocycles. The lowest BCUT2D eigenvalue weighted by molar-refractivity contribution is -0.135. The van der Waals surface area contributed by atoms with Crippen LogP contribution in [0.3, 0.4) is 0 Å². The summed E-state index contributed by atoms with van der Waals surface area (Å²) in [4.78, 5) is 38.7. The predicted molar refractivity (Wildman–Crippen MR) is 148 cm³/mol. The largest absolute Gasteiger partial charge is 0.495 e. The normalized spacial score (nSPS) is 19.9. The van der Waals surface area contributed by atoms with Crippen LogP contribution >= 0.6 is 0 Å². The summed E-state index contributed by atoms with van der Waals surface area (Å²) < 4.78 is 34.2. The summed E-state index contributed by atoms with van der Waals surface area (Å²) in [7, 11) is 6.03. The van der Waals surface area contributed by atoms with Crippen LogP contribution in [-0.2, 0) is 14.3 Å². The number of benzene rings is 2. The average Bonchev–Trinajstić information content (AvgIpc) is 2.94. The van der Waals surface area contributed by atoms with Crippen molar-refractivity contribution in [2.75, 3.05) is 28.4 Å². The van der Waals surface area contributed by atoms with Crippen molar-refractivity contribution in [1.29, 1.82) is 0 Å². The molecular weight excluding hydrogens is 516 g/mol. The molecule has 0 fully saturated rings. The molecule has 0 aliphatic carbocycles. The van der Waals surface area contributed by atoms with E-state index in [1.807, 2.05) is 13.0 Å². The van der Waals surface area contributed by atoms with Gasteiger partial charge in [-0.25, -0.2) is 4.79 Å². The summed E-state index contributed by atoms with van der Waals surface area (Å²) in [6.45, 7) is 1.81. The molecule has 0 unspecified atom stereocenters. The third-order valence-electron chi connectivity index (χ3n) is 7.27. The predicted octanol–water partition coefficient (Wildman–Crippen LogP) is 5.64. The minimum Gasteiger partial charge on any atom is -0.495 e. The van der Waals surface area contributed by atoms with Gasteiger partial charge >= 0.3 is 11.9 Å². The van der Waals surface area contributed by atoms with Crippen LogP contribution in [0.25, 0.3) is 6.08 Å². The Morgan fingerprint density at radius 1 is 0.875 bits per heavy atom. The van der Waals surface area contributed by atoms with Crippen LogP contribution in [0, 0.1) is 0 Å². The highest BCUT2D eigenvalue weighted by Gasteiger charge is 2.38. The lowest BCUT2D eigenvalue weighted by Gasteiger charge is -2.30. The average molecular weight is 553 g/mol. The number of allylic oxidation sites excluding steroid dienone is 1. The Morgan fingerprint density at radius 2 is 1.60 bits per heavy atom. The molecule has 2 aromatic rings. The van der Waals surface area contributed by atoms with Gasteiger partial charge in [0.15, 0.2) is 11.5 Å². The van der Waals surface area contributed by atoms with Gasteiger partial charge in [-0.3, -0.25) is 9.59 Å². The number of rotatable bonds is 5. The number of ether oxygens (including phenoxy) is 6. The number of esters is 2. The summed E-state index contributed by atoms with van der Waals surface area (Å²) in [6.07, 6.45) is 6.83. The molecule has 2 atom stereocenters. The van der Waals surface area contributed by atoms with Gasteiger partial charge in [0.2, 0.25) is 5.75 Å². The van der Waals surface area contributed by atoms with Gasteiger partial charge in [0.25, 0.3) is 0 Å². The zero-order valence-electron chi connectivity index (χ0n) is 23.7. The highest BCUT2D eigenvalue weighted by Crippen LogP contribution is 2.52. The topological polar surface area (TPSA) is 107 Å². The van der Waals surface area contributed by atoms with E-state index in [1.54, 1.807) is 24.3 Å². The number of ketones is 1. The number of hydrogen-bond donors (Lipinski definition) is 0. The van der Waals surface area contributed by atoms with Gasteiger partial charge in [-0.05, 0) is 50.3 Å². The van der Waals surface area contributed by atoms with Gasteiger partial charge in [0.05, 0.1) is 41.0 Å². The first-order valence-corrected chi connectivity index (χ1v) is 13.5. The number of cyclic esters (lactones) is 1. The van der Waals surface area contributed by atoms with Gasteiger partial charge in [-0.15, -0.1) is 0 Å². The van der Waals surface area contributed by atoms with E-state index >= 15 is 0 Å². The van der Waals surface area contributed by atoms with Crippen molar-refractivity contribution in [2.24, 2.45) is 0 Å². The molecule has 0 aromatic heterocycles. The van der Waals surface area contributed by atoms with E-state index in [4.69, 9.17) is 28.4 Å². The van der Waals surface area contributed by atoms with Gasteiger partial charge in [-0.1, -0.05) is 18.2 Å². The van der Waals surface area contributed by atoms with Crippen molar-refractivity contribution in [3.05, 3.63) is 46.5 Å². The molecule has 2 aliphatic heterocycles. The number of fused-ring (bicyclic) bond motifs is 2. The second kappa shape index (κ2) is 12.9. The van der Waals surface area contributed by atoms with E-state index < -0.39 is 24.0 Å². The molecule has 4 rings (SSSR count). The minimum atomic E-state index is -0.570. The second-order valence-electron chi connectivity index (χ2n) is 9.88. The lowest BCUT2D eigenvalue weighted by Crippen LogP contribution is -2.24. The Kier molecular flexibility index (Phi) is 9.34. The van der Waals surface area contributed by atoms with Gasteiger partial charge < -0.3 is 28.4 Å². The molecule has 0 amide bonds. The van der Waals surface area contributed by atoms with E-state index in [1.165, 1.54) is 28.4 Å². The van der Waals surface area contributed by atoms with Crippen LogP contribution in [0.5, 0.6) is 28.7 Å². The Labute approximate surface area is 234 Å². The lowest BCUT2D eigenvalue weighted by atomic mass is 9.82. The second-order valence-corrected chi connectivity index (χ2v) is 9.88. The van der Waals surface area contributed by atoms with Gasteiger partial charge in [0.1, 0.15) is 22.8 Å². The zero-order chi connectivity index (χ0) is 28.8. The molecule has 214 valence electrons. The maximum Gasteiger partial charge on any atom is 0.342 e. The fourth-order valence-corrected chi connectivity index (χ4v) is 5.37. The van der Waals surface area contributed by atoms with Crippen LogP contribution in [-0.4, -0.2) is 52.3 Å². The Morgan fingerprint density at radius 3 is 2.30 bits per heavy atom. The highest BCUT2D eigenvalue weighted by atomic mass is 16.6. The highest BCUT2D eigenvalue weighted by molar-refractivity contribution is 5.99. The molecule has 0 saturated carbocycles. The Hall–Kier alpha value is -4.01. The molecule has 0 spiro atoms. The number of methoxy groups -OCH3 is 4. The third kappa shape index (κ3) is 5.93. The maximum atomic E-state index is 13.7. The fraction of sp³-hybridized carbons (Fsp3) is 0.452. The summed E-state index contributed by atoms with van der Waals surface area (Å²) in [6, 6.07) is 5.22. The van der Waals surface area contributed by atoms with Crippen molar-refractivity contribution >= 4 is 23.8 Å². The number of carbonyl (C=O) groups is 3. The maximum absolute atomic E-state index is 13.7. The molecule has 9 heteroatoms. The molecule has 0 N–H and O–H groups in total. The number of carbonyl (C=O) groups excluding carboxylic acids is 3. The zero-order valence-corrected chi connectivity index (χ0v) is 23.7. The van der Waals surface area contributed by atoms with Crippen molar-refractivity contribution in [1.82, 2.24) is 0 Å². The van der Waals surface area contributed by atoms with Crippen LogP contribution < -0.4 is 23.7 Å². The van der Waals surface area contributed by atoms with Crippen molar-refractivity contribution < 1.29 is 42.8 Å². The van der Waals surface area contributed by atoms with Crippen LogP contribution in [0.15, 0.2) is 24.3 Å². The Balaban J connectivity index is 1.92. The molecule has 2 aromatic carbocycles.